The Morgan fingerprint density at radius 3 is 2.12 bits per heavy atom. The Morgan fingerprint density at radius 2 is 1.44 bits per heavy atom. The maximum Gasteiger partial charge on any atom is 0.164 e. The van der Waals surface area contributed by atoms with E-state index in [2.05, 4.69) is 41.7 Å². The van der Waals surface area contributed by atoms with Crippen LogP contribution in [0.4, 0.5) is 4.39 Å². The zero-order valence-electron chi connectivity index (χ0n) is 13.9. The number of ketones is 1. The van der Waals surface area contributed by atoms with Crippen molar-refractivity contribution >= 4 is 5.78 Å². The zero-order valence-corrected chi connectivity index (χ0v) is 13.9. The van der Waals surface area contributed by atoms with Crippen molar-refractivity contribution < 1.29 is 9.18 Å². The summed E-state index contributed by atoms with van der Waals surface area (Å²) in [5.41, 5.74) is 4.12. The van der Waals surface area contributed by atoms with E-state index in [9.17, 15) is 9.18 Å². The summed E-state index contributed by atoms with van der Waals surface area (Å²) in [6, 6.07) is 24.3. The highest BCUT2D eigenvalue weighted by atomic mass is 19.1. The van der Waals surface area contributed by atoms with Crippen LogP contribution in [0.3, 0.4) is 0 Å². The first kappa shape index (κ1) is 17.1. The van der Waals surface area contributed by atoms with E-state index in [0.717, 1.165) is 0 Å². The third kappa shape index (κ3) is 4.85. The Bertz CT molecular complexity index is 811. The molecule has 0 saturated carbocycles. The summed E-state index contributed by atoms with van der Waals surface area (Å²) in [4.78, 5) is 12.0. The topological polar surface area (TPSA) is 29.1 Å². The molecule has 0 atom stereocenters. The van der Waals surface area contributed by atoms with Crippen molar-refractivity contribution in [1.29, 1.82) is 0 Å². The van der Waals surface area contributed by atoms with Gasteiger partial charge in [0.1, 0.15) is 5.82 Å². The Morgan fingerprint density at radius 1 is 0.800 bits per heavy atom. The lowest BCUT2D eigenvalue weighted by Gasteiger charge is -2.07. The molecular formula is C22H20FNO. The summed E-state index contributed by atoms with van der Waals surface area (Å²) >= 11 is 0. The van der Waals surface area contributed by atoms with Crippen LogP contribution in [0.15, 0.2) is 78.9 Å². The molecule has 1 N–H and O–H groups in total. The predicted octanol–water partition coefficient (Wildman–Crippen LogP) is 4.86. The normalized spacial score (nSPS) is 10.6. The molecular weight excluding hydrogens is 313 g/mol. The van der Waals surface area contributed by atoms with Crippen LogP contribution >= 0.6 is 0 Å². The molecule has 2 nitrogen and oxygen atoms in total. The molecule has 0 saturated heterocycles. The maximum atomic E-state index is 12.9. The second-order valence-corrected chi connectivity index (χ2v) is 5.92. The molecule has 0 aliphatic heterocycles. The van der Waals surface area contributed by atoms with E-state index in [4.69, 9.17) is 0 Å². The maximum absolute atomic E-state index is 12.9. The van der Waals surface area contributed by atoms with Gasteiger partial charge >= 0.3 is 0 Å². The average molecular weight is 333 g/mol. The molecule has 0 amide bonds. The van der Waals surface area contributed by atoms with Crippen molar-refractivity contribution in [3.05, 3.63) is 95.8 Å². The van der Waals surface area contributed by atoms with Crippen LogP contribution in [-0.2, 0) is 6.54 Å². The van der Waals surface area contributed by atoms with Crippen molar-refractivity contribution in [2.75, 3.05) is 6.54 Å². The summed E-state index contributed by atoms with van der Waals surface area (Å²) < 4.78 is 12.9. The Balaban J connectivity index is 1.46. The van der Waals surface area contributed by atoms with E-state index in [1.165, 1.54) is 41.0 Å². The van der Waals surface area contributed by atoms with Crippen molar-refractivity contribution in [3.63, 3.8) is 0 Å². The molecule has 25 heavy (non-hydrogen) atoms. The van der Waals surface area contributed by atoms with E-state index in [-0.39, 0.29) is 11.6 Å². The van der Waals surface area contributed by atoms with Crippen molar-refractivity contribution in [3.8, 4) is 11.1 Å². The fourth-order valence-electron chi connectivity index (χ4n) is 2.66. The molecule has 0 bridgehead atoms. The zero-order chi connectivity index (χ0) is 17.5. The highest BCUT2D eigenvalue weighted by Gasteiger charge is 2.05. The summed E-state index contributed by atoms with van der Waals surface area (Å²) in [6.45, 7) is 1.31. The SMILES string of the molecule is O=C(CCNCc1ccc(-c2ccccc2)cc1)c1ccc(F)cc1. The molecule has 3 aromatic rings. The first-order chi connectivity index (χ1) is 12.2. The number of hydrogen-bond acceptors (Lipinski definition) is 2. The third-order valence-corrected chi connectivity index (χ3v) is 4.09. The van der Waals surface area contributed by atoms with Gasteiger partial charge < -0.3 is 5.32 Å². The molecule has 126 valence electrons. The molecule has 0 spiro atoms. The molecule has 3 rings (SSSR count). The van der Waals surface area contributed by atoms with Crippen LogP contribution in [-0.4, -0.2) is 12.3 Å². The third-order valence-electron chi connectivity index (χ3n) is 4.09. The monoisotopic (exact) mass is 333 g/mol. The van der Waals surface area contributed by atoms with Crippen molar-refractivity contribution in [2.45, 2.75) is 13.0 Å². The predicted molar refractivity (Wildman–Crippen MR) is 98.9 cm³/mol. The highest BCUT2D eigenvalue weighted by molar-refractivity contribution is 5.96. The lowest BCUT2D eigenvalue weighted by atomic mass is 10.0. The fourth-order valence-corrected chi connectivity index (χ4v) is 2.66. The molecule has 0 radical (unpaired) electrons. The fraction of sp³-hybridized carbons (Fsp3) is 0.136. The Kier molecular flexibility index (Phi) is 5.70. The molecule has 3 heteroatoms. The van der Waals surface area contributed by atoms with Gasteiger partial charge in [0.15, 0.2) is 5.78 Å². The van der Waals surface area contributed by atoms with Gasteiger partial charge in [0.2, 0.25) is 0 Å². The number of Topliss-reactive ketones (excluding diaryl/α,β-unsaturated/α-hetero) is 1. The Hall–Kier alpha value is -2.78. The molecule has 0 fully saturated rings. The number of nitrogens with one attached hydrogen (secondary N) is 1. The van der Waals surface area contributed by atoms with Crippen LogP contribution in [0.5, 0.6) is 0 Å². The van der Waals surface area contributed by atoms with Crippen molar-refractivity contribution in [2.24, 2.45) is 0 Å². The van der Waals surface area contributed by atoms with Gasteiger partial charge in [0, 0.05) is 25.1 Å². The van der Waals surface area contributed by atoms with Gasteiger partial charge in [0.25, 0.3) is 0 Å². The first-order valence-corrected chi connectivity index (χ1v) is 8.36. The van der Waals surface area contributed by atoms with Gasteiger partial charge in [-0.15, -0.1) is 0 Å². The minimum atomic E-state index is -0.325. The summed E-state index contributed by atoms with van der Waals surface area (Å²) in [5.74, 6) is -0.305. The molecule has 0 heterocycles. The summed E-state index contributed by atoms with van der Waals surface area (Å²) in [5, 5.41) is 3.28. The van der Waals surface area contributed by atoms with Crippen LogP contribution < -0.4 is 5.32 Å². The van der Waals surface area contributed by atoms with Gasteiger partial charge in [-0.1, -0.05) is 54.6 Å². The smallest absolute Gasteiger partial charge is 0.164 e. The molecule has 3 aromatic carbocycles. The van der Waals surface area contributed by atoms with Gasteiger partial charge in [-0.25, -0.2) is 4.39 Å². The molecule has 0 aliphatic carbocycles. The standard InChI is InChI=1S/C22H20FNO/c23-21-12-10-20(11-13-21)22(25)14-15-24-16-17-6-8-19(9-7-17)18-4-2-1-3-5-18/h1-13,24H,14-16H2. The second-order valence-electron chi connectivity index (χ2n) is 5.92. The van der Waals surface area contributed by atoms with Gasteiger partial charge in [-0.3, -0.25) is 4.79 Å². The van der Waals surface area contributed by atoms with Crippen LogP contribution in [0.25, 0.3) is 11.1 Å². The van der Waals surface area contributed by atoms with E-state index in [1.54, 1.807) is 0 Å². The number of hydrogen-bond donors (Lipinski definition) is 1. The van der Waals surface area contributed by atoms with E-state index >= 15 is 0 Å². The Labute approximate surface area is 147 Å². The second kappa shape index (κ2) is 8.36. The minimum absolute atomic E-state index is 0.0203. The van der Waals surface area contributed by atoms with Crippen molar-refractivity contribution in [1.82, 2.24) is 5.32 Å². The van der Waals surface area contributed by atoms with Gasteiger partial charge in [-0.2, -0.15) is 0 Å². The van der Waals surface area contributed by atoms with Crippen LogP contribution in [0.2, 0.25) is 0 Å². The van der Waals surface area contributed by atoms with Gasteiger partial charge in [0.05, 0.1) is 0 Å². The van der Waals surface area contributed by atoms with Crippen LogP contribution in [0, 0.1) is 5.82 Å². The number of carbonyl (C=O) groups excluding carboxylic acids is 1. The quantitative estimate of drug-likeness (QED) is 0.494. The minimum Gasteiger partial charge on any atom is -0.312 e. The molecule has 0 unspecified atom stereocenters. The van der Waals surface area contributed by atoms with E-state index in [0.29, 0.717) is 25.1 Å². The molecule has 0 aromatic heterocycles. The highest BCUT2D eigenvalue weighted by Crippen LogP contribution is 2.19. The lowest BCUT2D eigenvalue weighted by molar-refractivity contribution is 0.0982. The first-order valence-electron chi connectivity index (χ1n) is 8.36. The number of halogens is 1. The largest absolute Gasteiger partial charge is 0.312 e. The van der Waals surface area contributed by atoms with Crippen LogP contribution in [0.1, 0.15) is 22.3 Å². The number of rotatable bonds is 7. The van der Waals surface area contributed by atoms with E-state index in [1.807, 2.05) is 18.2 Å². The van der Waals surface area contributed by atoms with Gasteiger partial charge in [-0.05, 0) is 41.0 Å². The average Bonchev–Trinajstić information content (AvgIpc) is 2.67. The summed E-state index contributed by atoms with van der Waals surface area (Å²) in [6.07, 6.45) is 0.397. The molecule has 0 aliphatic rings. The van der Waals surface area contributed by atoms with E-state index < -0.39 is 0 Å². The number of carbonyl (C=O) groups is 1. The lowest BCUT2D eigenvalue weighted by Crippen LogP contribution is -2.17. The number of benzene rings is 3. The summed E-state index contributed by atoms with van der Waals surface area (Å²) in [7, 11) is 0.